The van der Waals surface area contributed by atoms with Crippen molar-refractivity contribution < 1.29 is 14.3 Å². The monoisotopic (exact) mass is 312 g/mol. The number of ketones is 1. The Morgan fingerprint density at radius 2 is 2.13 bits per heavy atom. The number of ether oxygens (including phenoxy) is 2. The Morgan fingerprint density at radius 3 is 2.87 bits per heavy atom. The van der Waals surface area contributed by atoms with Crippen molar-refractivity contribution in [2.45, 2.75) is 25.8 Å². The molecule has 2 aromatic rings. The highest BCUT2D eigenvalue weighted by molar-refractivity contribution is 6.05. The summed E-state index contributed by atoms with van der Waals surface area (Å²) in [6, 6.07) is 5.56. The maximum Gasteiger partial charge on any atom is 0.205 e. The van der Waals surface area contributed by atoms with Gasteiger partial charge in [-0.2, -0.15) is 0 Å². The fourth-order valence-corrected chi connectivity index (χ4v) is 2.83. The number of nitrogens with zero attached hydrogens (tertiary/aromatic N) is 2. The minimum absolute atomic E-state index is 0.100. The summed E-state index contributed by atoms with van der Waals surface area (Å²) in [4.78, 5) is 16.8. The molecule has 2 heterocycles. The molecule has 0 saturated heterocycles. The molecular formula is C18H20N2O3. The van der Waals surface area contributed by atoms with Gasteiger partial charge in [0.1, 0.15) is 11.5 Å². The number of imidazole rings is 1. The van der Waals surface area contributed by atoms with Crippen molar-refractivity contribution in [3.63, 3.8) is 0 Å². The Kier molecular flexibility index (Phi) is 4.46. The summed E-state index contributed by atoms with van der Waals surface area (Å²) >= 11 is 0. The van der Waals surface area contributed by atoms with E-state index in [1.54, 1.807) is 20.3 Å². The normalized spacial score (nSPS) is 13.8. The maximum absolute atomic E-state index is 12.4. The number of aryl methyl sites for hydroxylation is 2. The van der Waals surface area contributed by atoms with E-state index in [2.05, 4.69) is 9.55 Å². The molecule has 5 nitrogen and oxygen atoms in total. The van der Waals surface area contributed by atoms with Crippen molar-refractivity contribution in [3.05, 3.63) is 47.6 Å². The summed E-state index contributed by atoms with van der Waals surface area (Å²) in [7, 11) is 3.17. The molecule has 0 spiro atoms. The van der Waals surface area contributed by atoms with E-state index in [0.717, 1.165) is 37.2 Å². The maximum atomic E-state index is 12.4. The van der Waals surface area contributed by atoms with Gasteiger partial charge in [-0.25, -0.2) is 4.98 Å². The Bertz CT molecular complexity index is 723. The first-order chi connectivity index (χ1) is 11.2. The van der Waals surface area contributed by atoms with Gasteiger partial charge in [0.05, 0.1) is 14.2 Å². The number of allylic oxidation sites excluding steroid dienone is 1. The van der Waals surface area contributed by atoms with Crippen molar-refractivity contribution in [1.29, 1.82) is 0 Å². The van der Waals surface area contributed by atoms with Gasteiger partial charge in [-0.3, -0.25) is 4.79 Å². The van der Waals surface area contributed by atoms with Crippen molar-refractivity contribution in [1.82, 2.24) is 9.55 Å². The molecule has 1 aliphatic heterocycles. The highest BCUT2D eigenvalue weighted by Crippen LogP contribution is 2.31. The van der Waals surface area contributed by atoms with E-state index < -0.39 is 0 Å². The number of hydrogen-bond donors (Lipinski definition) is 0. The third-order valence-corrected chi connectivity index (χ3v) is 4.01. The molecule has 23 heavy (non-hydrogen) atoms. The van der Waals surface area contributed by atoms with Gasteiger partial charge in [-0.1, -0.05) is 12.1 Å². The highest BCUT2D eigenvalue weighted by Gasteiger charge is 2.15. The predicted octanol–water partition coefficient (Wildman–Crippen LogP) is 3.13. The summed E-state index contributed by atoms with van der Waals surface area (Å²) in [5.41, 5.74) is 1.30. The summed E-state index contributed by atoms with van der Waals surface area (Å²) < 4.78 is 12.7. The number of para-hydroxylation sites is 1. The van der Waals surface area contributed by atoms with Crippen LogP contribution >= 0.6 is 0 Å². The van der Waals surface area contributed by atoms with Crippen LogP contribution in [0.4, 0.5) is 0 Å². The first-order valence-electron chi connectivity index (χ1n) is 7.72. The molecule has 0 aliphatic carbocycles. The molecule has 0 amide bonds. The number of carbonyl (C=O) groups excluding carboxylic acids is 1. The second-order valence-corrected chi connectivity index (χ2v) is 5.47. The van der Waals surface area contributed by atoms with Crippen LogP contribution in [0.1, 0.15) is 34.7 Å². The minimum atomic E-state index is -0.100. The van der Waals surface area contributed by atoms with Gasteiger partial charge in [-0.05, 0) is 31.1 Å². The summed E-state index contributed by atoms with van der Waals surface area (Å²) in [6.45, 7) is 0.947. The van der Waals surface area contributed by atoms with Crippen LogP contribution in [0.2, 0.25) is 0 Å². The lowest BCUT2D eigenvalue weighted by Gasteiger charge is -2.11. The van der Waals surface area contributed by atoms with E-state index in [1.165, 1.54) is 6.08 Å². The highest BCUT2D eigenvalue weighted by atomic mass is 16.5. The van der Waals surface area contributed by atoms with E-state index in [9.17, 15) is 4.79 Å². The second kappa shape index (κ2) is 6.69. The lowest BCUT2D eigenvalue weighted by molar-refractivity contribution is 0.104. The van der Waals surface area contributed by atoms with Gasteiger partial charge in [0.15, 0.2) is 11.5 Å². The third kappa shape index (κ3) is 3.13. The Morgan fingerprint density at radius 1 is 1.26 bits per heavy atom. The fourth-order valence-electron chi connectivity index (χ4n) is 2.83. The van der Waals surface area contributed by atoms with Crippen LogP contribution in [0.15, 0.2) is 30.5 Å². The van der Waals surface area contributed by atoms with E-state index in [4.69, 9.17) is 9.47 Å². The topological polar surface area (TPSA) is 53.4 Å². The quantitative estimate of drug-likeness (QED) is 0.629. The number of aromatic nitrogens is 2. The number of fused-ring (bicyclic) bond motifs is 1. The number of hydrogen-bond acceptors (Lipinski definition) is 4. The molecule has 1 aromatic carbocycles. The number of carbonyl (C=O) groups is 1. The van der Waals surface area contributed by atoms with Crippen molar-refractivity contribution >= 4 is 11.9 Å². The zero-order chi connectivity index (χ0) is 16.2. The van der Waals surface area contributed by atoms with E-state index in [1.807, 2.05) is 24.4 Å². The van der Waals surface area contributed by atoms with Crippen molar-refractivity contribution in [2.24, 2.45) is 0 Å². The molecular weight excluding hydrogens is 292 g/mol. The Balaban J connectivity index is 1.82. The lowest BCUT2D eigenvalue weighted by atomic mass is 10.1. The molecule has 0 saturated carbocycles. The van der Waals surface area contributed by atoms with Gasteiger partial charge >= 0.3 is 0 Å². The summed E-state index contributed by atoms with van der Waals surface area (Å²) in [6.07, 6.45) is 8.35. The number of rotatable bonds is 5. The van der Waals surface area contributed by atoms with Crippen LogP contribution in [0.3, 0.4) is 0 Å². The van der Waals surface area contributed by atoms with Crippen LogP contribution in [-0.4, -0.2) is 29.6 Å². The van der Waals surface area contributed by atoms with Crippen molar-refractivity contribution in [2.75, 3.05) is 14.2 Å². The summed E-state index contributed by atoms with van der Waals surface area (Å²) in [5, 5.41) is 0. The zero-order valence-electron chi connectivity index (χ0n) is 13.4. The average Bonchev–Trinajstić information content (AvgIpc) is 3.03. The largest absolute Gasteiger partial charge is 0.493 e. The predicted molar refractivity (Wildman–Crippen MR) is 88.1 cm³/mol. The molecule has 0 N–H and O–H groups in total. The van der Waals surface area contributed by atoms with Crippen molar-refractivity contribution in [3.8, 4) is 11.5 Å². The van der Waals surface area contributed by atoms with Gasteiger partial charge in [0, 0.05) is 24.7 Å². The van der Waals surface area contributed by atoms with Gasteiger partial charge in [0.25, 0.3) is 0 Å². The van der Waals surface area contributed by atoms with E-state index in [0.29, 0.717) is 17.2 Å². The van der Waals surface area contributed by atoms with Crippen LogP contribution in [0.25, 0.3) is 6.08 Å². The lowest BCUT2D eigenvalue weighted by Crippen LogP contribution is -2.08. The van der Waals surface area contributed by atoms with Gasteiger partial charge in [-0.15, -0.1) is 0 Å². The molecule has 0 fully saturated rings. The first kappa shape index (κ1) is 15.3. The van der Waals surface area contributed by atoms with Crippen LogP contribution < -0.4 is 9.47 Å². The molecule has 0 bridgehead atoms. The van der Waals surface area contributed by atoms with Gasteiger partial charge in [0.2, 0.25) is 5.78 Å². The number of methoxy groups -OCH3 is 2. The Labute approximate surface area is 135 Å². The standard InChI is InChI=1S/C18H20N2O3/c1-22-16-7-5-6-13(18(16)23-2)9-10-15(21)14-12-20-11-4-3-8-17(20)19-14/h5-7,9-10,12H,3-4,8,11H2,1-2H3. The smallest absolute Gasteiger partial charge is 0.205 e. The van der Waals surface area contributed by atoms with Crippen LogP contribution in [-0.2, 0) is 13.0 Å². The Hall–Kier alpha value is -2.56. The van der Waals surface area contributed by atoms with Crippen LogP contribution in [0.5, 0.6) is 11.5 Å². The molecule has 1 aromatic heterocycles. The van der Waals surface area contributed by atoms with E-state index in [-0.39, 0.29) is 5.78 Å². The molecule has 0 unspecified atom stereocenters. The number of benzene rings is 1. The average molecular weight is 312 g/mol. The summed E-state index contributed by atoms with van der Waals surface area (Å²) in [5.74, 6) is 2.16. The zero-order valence-corrected chi connectivity index (χ0v) is 13.4. The SMILES string of the molecule is COc1cccc(C=CC(=O)c2cn3c(n2)CCCC3)c1OC. The second-order valence-electron chi connectivity index (χ2n) is 5.47. The molecule has 1 aliphatic rings. The molecule has 5 heteroatoms. The molecule has 0 atom stereocenters. The third-order valence-electron chi connectivity index (χ3n) is 4.01. The molecule has 0 radical (unpaired) electrons. The molecule has 120 valence electrons. The minimum Gasteiger partial charge on any atom is -0.493 e. The van der Waals surface area contributed by atoms with E-state index >= 15 is 0 Å². The first-order valence-corrected chi connectivity index (χ1v) is 7.72. The molecule has 3 rings (SSSR count). The fraction of sp³-hybridized carbons (Fsp3) is 0.333. The van der Waals surface area contributed by atoms with Gasteiger partial charge < -0.3 is 14.0 Å². The van der Waals surface area contributed by atoms with Crippen LogP contribution in [0, 0.1) is 0 Å².